The number of rotatable bonds is 5. The van der Waals surface area contributed by atoms with E-state index >= 15 is 0 Å². The number of hydrogen-bond acceptors (Lipinski definition) is 3. The molecule has 1 heterocycles. The molecule has 0 saturated carbocycles. The molecule has 1 saturated heterocycles. The highest BCUT2D eigenvalue weighted by molar-refractivity contribution is 5.74. The third-order valence-corrected chi connectivity index (χ3v) is 5.41. The van der Waals surface area contributed by atoms with Crippen molar-refractivity contribution in [1.82, 2.24) is 10.2 Å². The third-order valence-electron chi connectivity index (χ3n) is 5.41. The van der Waals surface area contributed by atoms with Gasteiger partial charge in [0.25, 0.3) is 0 Å². The molecule has 4 rings (SSSR count). The number of carbonyl (C=O) groups excluding carboxylic acids is 1. The Balaban J connectivity index is 1.17. The summed E-state index contributed by atoms with van der Waals surface area (Å²) < 4.78 is 5.80. The largest absolute Gasteiger partial charge is 0.492 e. The summed E-state index contributed by atoms with van der Waals surface area (Å²) in [5, 5.41) is 2.97. The molecule has 2 aromatic rings. The van der Waals surface area contributed by atoms with Crippen molar-refractivity contribution in [2.45, 2.75) is 19.3 Å². The first-order chi connectivity index (χ1) is 13.3. The van der Waals surface area contributed by atoms with Crippen molar-refractivity contribution in [2.75, 3.05) is 44.2 Å². The highest BCUT2D eigenvalue weighted by Gasteiger charge is 2.20. The predicted molar refractivity (Wildman–Crippen MR) is 108 cm³/mol. The van der Waals surface area contributed by atoms with Gasteiger partial charge in [0.05, 0.1) is 6.54 Å². The maximum atomic E-state index is 12.3. The SMILES string of the molecule is O=C(NCCOc1ccc2c(c1)CCC2)N1CCN(c2ccccc2)CC1. The van der Waals surface area contributed by atoms with Gasteiger partial charge in [0, 0.05) is 31.9 Å². The first-order valence-corrected chi connectivity index (χ1v) is 9.87. The van der Waals surface area contributed by atoms with Crippen molar-refractivity contribution in [1.29, 1.82) is 0 Å². The van der Waals surface area contributed by atoms with Gasteiger partial charge in [-0.3, -0.25) is 0 Å². The summed E-state index contributed by atoms with van der Waals surface area (Å²) in [6.07, 6.45) is 3.58. The fourth-order valence-corrected chi connectivity index (χ4v) is 3.88. The average molecular weight is 365 g/mol. The van der Waals surface area contributed by atoms with Gasteiger partial charge in [-0.15, -0.1) is 0 Å². The molecule has 0 aromatic heterocycles. The van der Waals surface area contributed by atoms with Crippen LogP contribution in [0.4, 0.5) is 10.5 Å². The highest BCUT2D eigenvalue weighted by atomic mass is 16.5. The van der Waals surface area contributed by atoms with Gasteiger partial charge in [-0.2, -0.15) is 0 Å². The van der Waals surface area contributed by atoms with E-state index in [1.165, 1.54) is 29.7 Å². The number of hydrogen-bond donors (Lipinski definition) is 1. The number of nitrogens with zero attached hydrogens (tertiary/aromatic N) is 2. The number of anilines is 1. The molecule has 27 heavy (non-hydrogen) atoms. The highest BCUT2D eigenvalue weighted by Crippen LogP contribution is 2.25. The molecule has 1 fully saturated rings. The molecule has 5 heteroatoms. The van der Waals surface area contributed by atoms with Crippen LogP contribution in [0.1, 0.15) is 17.5 Å². The van der Waals surface area contributed by atoms with E-state index in [0.29, 0.717) is 13.2 Å². The Kier molecular flexibility index (Phi) is 5.47. The summed E-state index contributed by atoms with van der Waals surface area (Å²) in [6, 6.07) is 16.7. The first-order valence-electron chi connectivity index (χ1n) is 9.87. The summed E-state index contributed by atoms with van der Waals surface area (Å²) in [5.74, 6) is 0.904. The lowest BCUT2D eigenvalue weighted by atomic mass is 10.1. The molecule has 1 aliphatic heterocycles. The normalized spacial score (nSPS) is 16.1. The molecule has 0 radical (unpaired) electrons. The molecule has 2 aliphatic rings. The summed E-state index contributed by atoms with van der Waals surface area (Å²) in [5.41, 5.74) is 4.08. The monoisotopic (exact) mass is 365 g/mol. The van der Waals surface area contributed by atoms with Crippen molar-refractivity contribution in [3.05, 3.63) is 59.7 Å². The fourth-order valence-electron chi connectivity index (χ4n) is 3.88. The number of carbonyl (C=O) groups is 1. The number of aryl methyl sites for hydroxylation is 2. The predicted octanol–water partition coefficient (Wildman–Crippen LogP) is 3.09. The van der Waals surface area contributed by atoms with Gasteiger partial charge in [0.1, 0.15) is 12.4 Å². The number of urea groups is 1. The first kappa shape index (κ1) is 17.7. The Morgan fingerprint density at radius 2 is 1.74 bits per heavy atom. The molecule has 142 valence electrons. The molecule has 0 bridgehead atoms. The number of nitrogens with one attached hydrogen (secondary N) is 1. The molecule has 5 nitrogen and oxygen atoms in total. The third kappa shape index (κ3) is 4.35. The van der Waals surface area contributed by atoms with Crippen LogP contribution in [0.5, 0.6) is 5.75 Å². The number of piperazine rings is 1. The van der Waals surface area contributed by atoms with E-state index in [1.807, 2.05) is 17.0 Å². The zero-order chi connectivity index (χ0) is 18.5. The van der Waals surface area contributed by atoms with Gasteiger partial charge >= 0.3 is 6.03 Å². The van der Waals surface area contributed by atoms with Crippen LogP contribution in [0.25, 0.3) is 0 Å². The summed E-state index contributed by atoms with van der Waals surface area (Å²) >= 11 is 0. The molecule has 0 unspecified atom stereocenters. The standard InChI is InChI=1S/C22H27N3O2/c26-22(25-14-12-24(13-15-25)20-7-2-1-3-8-20)23-11-16-27-21-10-9-18-5-4-6-19(18)17-21/h1-3,7-10,17H,4-6,11-16H2,(H,23,26). The van der Waals surface area contributed by atoms with Crippen LogP contribution < -0.4 is 15.0 Å². The maximum Gasteiger partial charge on any atom is 0.317 e. The van der Waals surface area contributed by atoms with Crippen LogP contribution in [-0.2, 0) is 12.8 Å². The number of fused-ring (bicyclic) bond motifs is 1. The van der Waals surface area contributed by atoms with Crippen molar-refractivity contribution >= 4 is 11.7 Å². The van der Waals surface area contributed by atoms with Crippen molar-refractivity contribution in [2.24, 2.45) is 0 Å². The van der Waals surface area contributed by atoms with Crippen LogP contribution in [0.3, 0.4) is 0 Å². The van der Waals surface area contributed by atoms with E-state index < -0.39 is 0 Å². The lowest BCUT2D eigenvalue weighted by Crippen LogP contribution is -2.52. The van der Waals surface area contributed by atoms with Gasteiger partial charge in [0.15, 0.2) is 0 Å². The minimum atomic E-state index is 0.000245. The van der Waals surface area contributed by atoms with Gasteiger partial charge in [-0.25, -0.2) is 4.79 Å². The van der Waals surface area contributed by atoms with Crippen LogP contribution >= 0.6 is 0 Å². The molecular formula is C22H27N3O2. The zero-order valence-electron chi connectivity index (χ0n) is 15.7. The minimum absolute atomic E-state index is 0.000245. The van der Waals surface area contributed by atoms with Crippen LogP contribution in [0.2, 0.25) is 0 Å². The van der Waals surface area contributed by atoms with E-state index in [9.17, 15) is 4.79 Å². The molecule has 2 aromatic carbocycles. The number of amides is 2. The maximum absolute atomic E-state index is 12.3. The number of para-hydroxylation sites is 1. The lowest BCUT2D eigenvalue weighted by Gasteiger charge is -2.36. The van der Waals surface area contributed by atoms with E-state index in [0.717, 1.165) is 38.3 Å². The Labute approximate surface area is 160 Å². The number of benzene rings is 2. The van der Waals surface area contributed by atoms with Gasteiger partial charge < -0.3 is 19.9 Å². The Morgan fingerprint density at radius 1 is 0.963 bits per heavy atom. The van der Waals surface area contributed by atoms with E-state index in [1.54, 1.807) is 0 Å². The van der Waals surface area contributed by atoms with E-state index in [-0.39, 0.29) is 6.03 Å². The van der Waals surface area contributed by atoms with Gasteiger partial charge in [-0.1, -0.05) is 24.3 Å². The molecule has 0 atom stereocenters. The topological polar surface area (TPSA) is 44.8 Å². The van der Waals surface area contributed by atoms with Crippen molar-refractivity contribution < 1.29 is 9.53 Å². The molecule has 1 N–H and O–H groups in total. The van der Waals surface area contributed by atoms with Crippen LogP contribution in [0.15, 0.2) is 48.5 Å². The Morgan fingerprint density at radius 3 is 2.56 bits per heavy atom. The summed E-state index contributed by atoms with van der Waals surface area (Å²) in [6.45, 7) is 4.23. The minimum Gasteiger partial charge on any atom is -0.492 e. The summed E-state index contributed by atoms with van der Waals surface area (Å²) in [4.78, 5) is 16.6. The Bertz CT molecular complexity index is 770. The molecule has 2 amide bonds. The van der Waals surface area contributed by atoms with Crippen LogP contribution in [0, 0.1) is 0 Å². The molecular weight excluding hydrogens is 338 g/mol. The molecule has 0 spiro atoms. The second-order valence-electron chi connectivity index (χ2n) is 7.17. The molecule has 1 aliphatic carbocycles. The smallest absolute Gasteiger partial charge is 0.317 e. The van der Waals surface area contributed by atoms with Gasteiger partial charge in [0.2, 0.25) is 0 Å². The van der Waals surface area contributed by atoms with Crippen molar-refractivity contribution in [3.63, 3.8) is 0 Å². The van der Waals surface area contributed by atoms with Crippen molar-refractivity contribution in [3.8, 4) is 5.75 Å². The van der Waals surface area contributed by atoms with E-state index in [4.69, 9.17) is 4.74 Å². The van der Waals surface area contributed by atoms with Crippen LogP contribution in [-0.4, -0.2) is 50.3 Å². The second-order valence-corrected chi connectivity index (χ2v) is 7.17. The second kappa shape index (κ2) is 8.33. The summed E-state index contributed by atoms with van der Waals surface area (Å²) in [7, 11) is 0. The average Bonchev–Trinajstić information content (AvgIpc) is 3.20. The van der Waals surface area contributed by atoms with E-state index in [2.05, 4.69) is 46.6 Å². The fraction of sp³-hybridized carbons (Fsp3) is 0.409. The zero-order valence-corrected chi connectivity index (χ0v) is 15.7. The quantitative estimate of drug-likeness (QED) is 0.828. The Hall–Kier alpha value is -2.69. The van der Waals surface area contributed by atoms with Gasteiger partial charge in [-0.05, 0) is 54.7 Å². The lowest BCUT2D eigenvalue weighted by molar-refractivity contribution is 0.191. The number of ether oxygens (including phenoxy) is 1.